The van der Waals surface area contributed by atoms with Crippen molar-refractivity contribution < 1.29 is 18.8 Å². The van der Waals surface area contributed by atoms with Crippen molar-refractivity contribution in [3.63, 3.8) is 0 Å². The van der Waals surface area contributed by atoms with Crippen LogP contribution in [0.1, 0.15) is 17.3 Å². The van der Waals surface area contributed by atoms with Crippen LogP contribution in [0.2, 0.25) is 5.02 Å². The molecule has 26 heavy (non-hydrogen) atoms. The van der Waals surface area contributed by atoms with Crippen molar-refractivity contribution in [1.82, 2.24) is 10.5 Å². The summed E-state index contributed by atoms with van der Waals surface area (Å²) in [4.78, 5) is 12.9. The molecule has 3 rings (SSSR count). The summed E-state index contributed by atoms with van der Waals surface area (Å²) in [6, 6.07) is 7.07. The van der Waals surface area contributed by atoms with Crippen LogP contribution in [-0.4, -0.2) is 51.1 Å². The monoisotopic (exact) mass is 379 g/mol. The van der Waals surface area contributed by atoms with E-state index < -0.39 is 0 Å². The Labute approximate surface area is 157 Å². The molecule has 1 aliphatic rings. The van der Waals surface area contributed by atoms with Gasteiger partial charge >= 0.3 is 0 Å². The first-order valence-electron chi connectivity index (χ1n) is 8.37. The van der Waals surface area contributed by atoms with E-state index in [1.165, 1.54) is 0 Å². The lowest BCUT2D eigenvalue weighted by Gasteiger charge is -2.38. The lowest BCUT2D eigenvalue weighted by atomic mass is 9.88. The molecule has 1 fully saturated rings. The highest BCUT2D eigenvalue weighted by Crippen LogP contribution is 2.31. The zero-order chi connectivity index (χ0) is 18.6. The predicted octanol–water partition coefficient (Wildman–Crippen LogP) is 2.82. The van der Waals surface area contributed by atoms with Crippen LogP contribution in [0.25, 0.3) is 11.3 Å². The highest BCUT2D eigenvalue weighted by atomic mass is 35.5. The van der Waals surface area contributed by atoms with Gasteiger partial charge < -0.3 is 24.6 Å². The minimum absolute atomic E-state index is 0.0309. The maximum Gasteiger partial charge on any atom is 0.259 e. The van der Waals surface area contributed by atoms with E-state index in [1.807, 2.05) is 0 Å². The van der Waals surface area contributed by atoms with Crippen molar-refractivity contribution in [3.05, 3.63) is 34.9 Å². The van der Waals surface area contributed by atoms with Crippen LogP contribution >= 0.6 is 11.6 Å². The summed E-state index contributed by atoms with van der Waals surface area (Å²) in [7, 11) is 1.61. The summed E-state index contributed by atoms with van der Waals surface area (Å²) >= 11 is 5.95. The van der Waals surface area contributed by atoms with E-state index in [2.05, 4.69) is 22.7 Å². The van der Waals surface area contributed by atoms with Crippen molar-refractivity contribution in [3.8, 4) is 11.3 Å². The van der Waals surface area contributed by atoms with Crippen LogP contribution in [-0.2, 0) is 9.47 Å². The number of methoxy groups -OCH3 is 1. The summed E-state index contributed by atoms with van der Waals surface area (Å²) in [5.74, 6) is 0.540. The number of anilines is 1. The van der Waals surface area contributed by atoms with Gasteiger partial charge in [-0.25, -0.2) is 0 Å². The second-order valence-electron chi connectivity index (χ2n) is 6.65. The van der Waals surface area contributed by atoms with Crippen LogP contribution in [0.3, 0.4) is 0 Å². The van der Waals surface area contributed by atoms with Gasteiger partial charge in [-0.2, -0.15) is 0 Å². The van der Waals surface area contributed by atoms with Gasteiger partial charge in [-0.3, -0.25) is 4.79 Å². The van der Waals surface area contributed by atoms with Gasteiger partial charge in [-0.15, -0.1) is 0 Å². The molecule has 1 aliphatic heterocycles. The van der Waals surface area contributed by atoms with E-state index in [1.54, 1.807) is 31.4 Å². The Morgan fingerprint density at radius 3 is 2.69 bits per heavy atom. The van der Waals surface area contributed by atoms with E-state index in [0.29, 0.717) is 55.1 Å². The fourth-order valence-corrected chi connectivity index (χ4v) is 2.75. The number of rotatable bonds is 8. The molecule has 1 aromatic carbocycles. The first-order chi connectivity index (χ1) is 12.5. The Bertz CT molecular complexity index is 756. The van der Waals surface area contributed by atoms with Crippen molar-refractivity contribution in [2.24, 2.45) is 5.41 Å². The SMILES string of the molecule is COCCNc1noc(-c2ccc(Cl)cc2)c1C(=O)NCC1(C)COC1. The number of hydrogen-bond donors (Lipinski definition) is 2. The molecule has 140 valence electrons. The number of nitrogens with zero attached hydrogens (tertiary/aromatic N) is 1. The zero-order valence-corrected chi connectivity index (χ0v) is 15.6. The van der Waals surface area contributed by atoms with Crippen LogP contribution in [0, 0.1) is 5.41 Å². The van der Waals surface area contributed by atoms with Gasteiger partial charge in [0, 0.05) is 36.2 Å². The highest BCUT2D eigenvalue weighted by Gasteiger charge is 2.34. The standard InChI is InChI=1S/C18H22ClN3O4/c1-18(10-25-11-18)9-21-17(23)14-15(12-3-5-13(19)6-4-12)26-22-16(14)20-7-8-24-2/h3-6H,7-11H2,1-2H3,(H,20,22)(H,21,23). The number of nitrogens with one attached hydrogen (secondary N) is 2. The van der Waals surface area contributed by atoms with E-state index in [-0.39, 0.29) is 11.3 Å². The second-order valence-corrected chi connectivity index (χ2v) is 7.08. The minimum atomic E-state index is -0.246. The van der Waals surface area contributed by atoms with E-state index in [4.69, 9.17) is 25.6 Å². The average Bonchev–Trinajstić information content (AvgIpc) is 3.03. The Kier molecular flexibility index (Phi) is 5.80. The topological polar surface area (TPSA) is 85.6 Å². The van der Waals surface area contributed by atoms with Crippen molar-refractivity contribution in [2.75, 3.05) is 45.3 Å². The molecule has 1 amide bonds. The molecule has 0 unspecified atom stereocenters. The fraction of sp³-hybridized carbons (Fsp3) is 0.444. The third-order valence-electron chi connectivity index (χ3n) is 4.20. The molecular weight excluding hydrogens is 358 g/mol. The van der Waals surface area contributed by atoms with Gasteiger partial charge in [0.2, 0.25) is 0 Å². The van der Waals surface area contributed by atoms with Crippen molar-refractivity contribution in [2.45, 2.75) is 6.92 Å². The molecule has 0 radical (unpaired) electrons. The molecule has 1 saturated heterocycles. The number of benzene rings is 1. The molecule has 2 heterocycles. The molecule has 7 nitrogen and oxygen atoms in total. The molecule has 2 N–H and O–H groups in total. The summed E-state index contributed by atoms with van der Waals surface area (Å²) in [5.41, 5.74) is 1.06. The van der Waals surface area contributed by atoms with Crippen LogP contribution in [0.4, 0.5) is 5.82 Å². The third-order valence-corrected chi connectivity index (χ3v) is 4.45. The Morgan fingerprint density at radius 1 is 1.35 bits per heavy atom. The van der Waals surface area contributed by atoms with E-state index in [0.717, 1.165) is 5.56 Å². The lowest BCUT2D eigenvalue weighted by Crippen LogP contribution is -2.48. The van der Waals surface area contributed by atoms with Gasteiger partial charge in [-0.1, -0.05) is 23.7 Å². The molecular formula is C18H22ClN3O4. The van der Waals surface area contributed by atoms with Gasteiger partial charge in [-0.05, 0) is 24.3 Å². The summed E-state index contributed by atoms with van der Waals surface area (Å²) < 4.78 is 15.7. The zero-order valence-electron chi connectivity index (χ0n) is 14.8. The smallest absolute Gasteiger partial charge is 0.259 e. The van der Waals surface area contributed by atoms with Gasteiger partial charge in [0.15, 0.2) is 11.6 Å². The van der Waals surface area contributed by atoms with Gasteiger partial charge in [0.1, 0.15) is 5.56 Å². The maximum absolute atomic E-state index is 12.9. The second kappa shape index (κ2) is 8.07. The van der Waals surface area contributed by atoms with Crippen LogP contribution in [0.15, 0.2) is 28.8 Å². The minimum Gasteiger partial charge on any atom is -0.383 e. The van der Waals surface area contributed by atoms with Gasteiger partial charge in [0.05, 0.1) is 19.8 Å². The number of ether oxygens (including phenoxy) is 2. The molecule has 1 aromatic heterocycles. The summed E-state index contributed by atoms with van der Waals surface area (Å²) in [6.07, 6.45) is 0. The van der Waals surface area contributed by atoms with Gasteiger partial charge in [0.25, 0.3) is 5.91 Å². The molecule has 0 aliphatic carbocycles. The number of carbonyl (C=O) groups excluding carboxylic acids is 1. The molecule has 2 aromatic rings. The van der Waals surface area contributed by atoms with E-state index >= 15 is 0 Å². The molecule has 8 heteroatoms. The molecule has 0 atom stereocenters. The molecule has 0 bridgehead atoms. The number of aromatic nitrogens is 1. The quantitative estimate of drug-likeness (QED) is 0.686. The summed E-state index contributed by atoms with van der Waals surface area (Å²) in [5, 5.41) is 10.7. The fourth-order valence-electron chi connectivity index (χ4n) is 2.63. The first-order valence-corrected chi connectivity index (χ1v) is 8.74. The number of amides is 1. The largest absolute Gasteiger partial charge is 0.383 e. The highest BCUT2D eigenvalue weighted by molar-refractivity contribution is 6.30. The van der Waals surface area contributed by atoms with Crippen LogP contribution < -0.4 is 10.6 Å². The number of carbonyl (C=O) groups is 1. The van der Waals surface area contributed by atoms with E-state index in [9.17, 15) is 4.79 Å². The Balaban J connectivity index is 1.84. The Morgan fingerprint density at radius 2 is 2.08 bits per heavy atom. The average molecular weight is 380 g/mol. The van der Waals surface area contributed by atoms with Crippen LogP contribution in [0.5, 0.6) is 0 Å². The van der Waals surface area contributed by atoms with Crippen molar-refractivity contribution >= 4 is 23.3 Å². The molecule has 0 spiro atoms. The first kappa shape index (κ1) is 18.7. The Hall–Kier alpha value is -2.09. The normalized spacial score (nSPS) is 15.3. The summed E-state index contributed by atoms with van der Waals surface area (Å²) in [6.45, 7) is 4.87. The molecule has 0 saturated carbocycles. The maximum atomic E-state index is 12.9. The number of hydrogen-bond acceptors (Lipinski definition) is 6. The van der Waals surface area contributed by atoms with Crippen molar-refractivity contribution in [1.29, 1.82) is 0 Å². The number of halogens is 1. The lowest BCUT2D eigenvalue weighted by molar-refractivity contribution is -0.0978. The third kappa shape index (κ3) is 4.17. The predicted molar refractivity (Wildman–Crippen MR) is 98.6 cm³/mol.